The number of furan rings is 1. The smallest absolute Gasteiger partial charge is 0.291 e. The first-order valence-corrected chi connectivity index (χ1v) is 11.9. The summed E-state index contributed by atoms with van der Waals surface area (Å²) >= 11 is 1.58. The fraction of sp³-hybridized carbons (Fsp3) is 0.259. The molecule has 0 aliphatic heterocycles. The van der Waals surface area contributed by atoms with Gasteiger partial charge in [0.05, 0.1) is 12.3 Å². The Hall–Kier alpha value is -3.38. The summed E-state index contributed by atoms with van der Waals surface area (Å²) < 4.78 is 5.30. The molecule has 3 heterocycles. The molecule has 4 rings (SSSR count). The number of hydrogen-bond acceptors (Lipinski definition) is 5. The molecule has 0 fully saturated rings. The predicted octanol–water partition coefficient (Wildman–Crippen LogP) is 7.24. The molecule has 33 heavy (non-hydrogen) atoms. The summed E-state index contributed by atoms with van der Waals surface area (Å²) in [6.07, 6.45) is 1.50. The molecule has 5 nitrogen and oxygen atoms in total. The molecule has 0 aliphatic rings. The first-order chi connectivity index (χ1) is 15.8. The standard InChI is InChI=1S/C27H29N3O2S/c1-16(2)20-11-13-21(14-12-20)25(29-23-10-6-8-17(3)28-23)24-18(4)19(5)33-27(24)30-26(31)22-9-7-15-32-22/h6-16,25H,1-5H3,(H,28,29)(H,30,31)/t25-/m1/s1. The molecular weight excluding hydrogens is 430 g/mol. The molecule has 0 radical (unpaired) electrons. The maximum Gasteiger partial charge on any atom is 0.291 e. The third-order valence-corrected chi connectivity index (χ3v) is 6.95. The topological polar surface area (TPSA) is 67.2 Å². The SMILES string of the molecule is Cc1cccc(N[C@H](c2ccc(C(C)C)cc2)c2c(NC(=O)c3ccco3)sc(C)c2C)n1. The minimum atomic E-state index is -0.259. The molecule has 0 spiro atoms. The highest BCUT2D eigenvalue weighted by molar-refractivity contribution is 7.16. The first kappa shape index (κ1) is 22.8. The third kappa shape index (κ3) is 5.01. The monoisotopic (exact) mass is 459 g/mol. The van der Waals surface area contributed by atoms with Gasteiger partial charge in [-0.25, -0.2) is 4.98 Å². The summed E-state index contributed by atoms with van der Waals surface area (Å²) in [6.45, 7) is 10.5. The molecule has 0 unspecified atom stereocenters. The Morgan fingerprint density at radius 2 is 1.70 bits per heavy atom. The van der Waals surface area contributed by atoms with Crippen molar-refractivity contribution in [3.63, 3.8) is 0 Å². The lowest BCUT2D eigenvalue weighted by atomic mass is 9.93. The van der Waals surface area contributed by atoms with Crippen LogP contribution in [0.25, 0.3) is 0 Å². The van der Waals surface area contributed by atoms with E-state index >= 15 is 0 Å². The van der Waals surface area contributed by atoms with Crippen LogP contribution in [0.5, 0.6) is 0 Å². The lowest BCUT2D eigenvalue weighted by Crippen LogP contribution is -2.18. The summed E-state index contributed by atoms with van der Waals surface area (Å²) in [7, 11) is 0. The van der Waals surface area contributed by atoms with E-state index < -0.39 is 0 Å². The molecule has 4 aromatic rings. The Labute approximate surface area is 198 Å². The fourth-order valence-corrected chi connectivity index (χ4v) is 4.92. The second-order valence-corrected chi connectivity index (χ2v) is 9.75. The van der Waals surface area contributed by atoms with Crippen molar-refractivity contribution in [2.75, 3.05) is 10.6 Å². The zero-order valence-corrected chi connectivity index (χ0v) is 20.4. The average Bonchev–Trinajstić information content (AvgIpc) is 3.42. The summed E-state index contributed by atoms with van der Waals surface area (Å²) in [5.41, 5.74) is 5.53. The van der Waals surface area contributed by atoms with Crippen LogP contribution in [0.1, 0.15) is 69.2 Å². The molecule has 1 atom stereocenters. The number of nitrogens with one attached hydrogen (secondary N) is 2. The highest BCUT2D eigenvalue weighted by Crippen LogP contribution is 2.41. The minimum Gasteiger partial charge on any atom is -0.459 e. The van der Waals surface area contributed by atoms with Crippen molar-refractivity contribution in [3.8, 4) is 0 Å². The summed E-state index contributed by atoms with van der Waals surface area (Å²) in [5, 5.41) is 7.51. The molecule has 0 saturated heterocycles. The maximum atomic E-state index is 12.8. The van der Waals surface area contributed by atoms with Crippen molar-refractivity contribution in [2.24, 2.45) is 0 Å². The average molecular weight is 460 g/mol. The summed E-state index contributed by atoms with van der Waals surface area (Å²) in [4.78, 5) is 18.6. The van der Waals surface area contributed by atoms with Gasteiger partial charge in [0.15, 0.2) is 5.76 Å². The van der Waals surface area contributed by atoms with Crippen LogP contribution >= 0.6 is 11.3 Å². The lowest BCUT2D eigenvalue weighted by Gasteiger charge is -2.23. The molecule has 1 aromatic carbocycles. The first-order valence-electron chi connectivity index (χ1n) is 11.1. The van der Waals surface area contributed by atoms with Gasteiger partial charge < -0.3 is 15.1 Å². The van der Waals surface area contributed by atoms with Crippen molar-refractivity contribution >= 4 is 28.1 Å². The van der Waals surface area contributed by atoms with Gasteiger partial charge in [-0.05, 0) is 67.6 Å². The Balaban J connectivity index is 1.78. The normalized spacial score (nSPS) is 12.1. The molecule has 0 aliphatic carbocycles. The van der Waals surface area contributed by atoms with E-state index in [0.29, 0.717) is 5.92 Å². The molecule has 6 heteroatoms. The van der Waals surface area contributed by atoms with Crippen LogP contribution in [0.3, 0.4) is 0 Å². The second-order valence-electron chi connectivity index (χ2n) is 8.52. The fourth-order valence-electron chi connectivity index (χ4n) is 3.82. The number of aromatic nitrogens is 1. The number of anilines is 2. The van der Waals surface area contributed by atoms with Gasteiger partial charge >= 0.3 is 0 Å². The number of hydrogen-bond donors (Lipinski definition) is 2. The number of pyridine rings is 1. The summed E-state index contributed by atoms with van der Waals surface area (Å²) in [6, 6.07) is 17.8. The number of nitrogens with zero attached hydrogens (tertiary/aromatic N) is 1. The molecule has 3 aromatic heterocycles. The number of rotatable bonds is 7. The van der Waals surface area contributed by atoms with Crippen LogP contribution in [0.15, 0.2) is 65.3 Å². The van der Waals surface area contributed by atoms with Crippen molar-refractivity contribution in [2.45, 2.75) is 46.6 Å². The highest BCUT2D eigenvalue weighted by atomic mass is 32.1. The van der Waals surface area contributed by atoms with Crippen LogP contribution < -0.4 is 10.6 Å². The number of carbonyl (C=O) groups excluding carboxylic acids is 1. The van der Waals surface area contributed by atoms with Crippen LogP contribution in [-0.4, -0.2) is 10.9 Å². The third-order valence-electron chi connectivity index (χ3n) is 5.81. The Morgan fingerprint density at radius 3 is 2.33 bits per heavy atom. The zero-order valence-electron chi connectivity index (χ0n) is 19.6. The number of amides is 1. The Morgan fingerprint density at radius 1 is 0.970 bits per heavy atom. The molecule has 170 valence electrons. The van der Waals surface area contributed by atoms with Gasteiger partial charge in [-0.3, -0.25) is 4.79 Å². The van der Waals surface area contributed by atoms with E-state index in [-0.39, 0.29) is 17.7 Å². The minimum absolute atomic E-state index is 0.183. The largest absolute Gasteiger partial charge is 0.459 e. The zero-order chi connectivity index (χ0) is 23.5. The van der Waals surface area contributed by atoms with E-state index in [0.717, 1.165) is 38.1 Å². The van der Waals surface area contributed by atoms with Gasteiger partial charge in [0, 0.05) is 16.1 Å². The van der Waals surface area contributed by atoms with Gasteiger partial charge in [0.25, 0.3) is 5.91 Å². The summed E-state index contributed by atoms with van der Waals surface area (Å²) in [5.74, 6) is 1.28. The lowest BCUT2D eigenvalue weighted by molar-refractivity contribution is 0.0997. The van der Waals surface area contributed by atoms with Crippen LogP contribution in [-0.2, 0) is 0 Å². The molecule has 0 bridgehead atoms. The van der Waals surface area contributed by atoms with Gasteiger partial charge in [-0.15, -0.1) is 11.3 Å². The quantitative estimate of drug-likeness (QED) is 0.306. The number of carbonyl (C=O) groups is 1. The predicted molar refractivity (Wildman–Crippen MR) is 135 cm³/mol. The Bertz CT molecular complexity index is 1240. The van der Waals surface area contributed by atoms with E-state index in [1.54, 1.807) is 23.5 Å². The van der Waals surface area contributed by atoms with E-state index in [1.807, 2.05) is 25.1 Å². The van der Waals surface area contributed by atoms with Gasteiger partial charge in [-0.1, -0.05) is 44.2 Å². The van der Waals surface area contributed by atoms with Gasteiger partial charge in [0.1, 0.15) is 10.8 Å². The maximum absolute atomic E-state index is 12.8. The number of thiophene rings is 1. The van der Waals surface area contributed by atoms with Crippen LogP contribution in [0.2, 0.25) is 0 Å². The number of benzene rings is 1. The van der Waals surface area contributed by atoms with Crippen molar-refractivity contribution in [1.29, 1.82) is 0 Å². The van der Waals surface area contributed by atoms with E-state index in [9.17, 15) is 4.79 Å². The van der Waals surface area contributed by atoms with Crippen molar-refractivity contribution in [1.82, 2.24) is 4.98 Å². The van der Waals surface area contributed by atoms with E-state index in [4.69, 9.17) is 4.42 Å². The molecule has 1 amide bonds. The van der Waals surface area contributed by atoms with Crippen LogP contribution in [0.4, 0.5) is 10.8 Å². The van der Waals surface area contributed by atoms with Crippen LogP contribution in [0, 0.1) is 20.8 Å². The van der Waals surface area contributed by atoms with E-state index in [2.05, 4.69) is 67.6 Å². The Kier molecular flexibility index (Phi) is 6.65. The van der Waals surface area contributed by atoms with Crippen molar-refractivity contribution in [3.05, 3.63) is 99.4 Å². The van der Waals surface area contributed by atoms with Gasteiger partial charge in [0.2, 0.25) is 0 Å². The van der Waals surface area contributed by atoms with Gasteiger partial charge in [-0.2, -0.15) is 0 Å². The van der Waals surface area contributed by atoms with E-state index in [1.165, 1.54) is 11.8 Å². The van der Waals surface area contributed by atoms with Crippen molar-refractivity contribution < 1.29 is 9.21 Å². The number of aryl methyl sites for hydroxylation is 2. The molecule has 0 saturated carbocycles. The molecule has 2 N–H and O–H groups in total. The molecular formula is C27H29N3O2S. The highest BCUT2D eigenvalue weighted by Gasteiger charge is 2.26. The second kappa shape index (κ2) is 9.63.